The molecule has 1 N–H and O–H groups in total. The quantitative estimate of drug-likeness (QED) is 0.533. The maximum Gasteiger partial charge on any atom is 0.326 e. The number of carbonyl (C=O) groups excluding carboxylic acids is 3. The van der Waals surface area contributed by atoms with Gasteiger partial charge >= 0.3 is 5.97 Å². The van der Waals surface area contributed by atoms with E-state index in [1.54, 1.807) is 0 Å². The molecule has 2 amide bonds. The second-order valence-corrected chi connectivity index (χ2v) is 7.81. The Balaban J connectivity index is 1.36. The van der Waals surface area contributed by atoms with Crippen LogP contribution in [0.25, 0.3) is 0 Å². The summed E-state index contributed by atoms with van der Waals surface area (Å²) in [5.41, 5.74) is 3.03. The van der Waals surface area contributed by atoms with Gasteiger partial charge in [0.25, 0.3) is 0 Å². The van der Waals surface area contributed by atoms with E-state index in [1.165, 1.54) is 22.2 Å². The van der Waals surface area contributed by atoms with Crippen molar-refractivity contribution in [3.63, 3.8) is 0 Å². The van der Waals surface area contributed by atoms with E-state index in [0.29, 0.717) is 18.6 Å². The predicted molar refractivity (Wildman–Crippen MR) is 113 cm³/mol. The van der Waals surface area contributed by atoms with Gasteiger partial charge in [-0.1, -0.05) is 42.0 Å². The van der Waals surface area contributed by atoms with Crippen LogP contribution in [0.15, 0.2) is 53.4 Å². The summed E-state index contributed by atoms with van der Waals surface area (Å²) in [7, 11) is 0. The molecule has 1 heterocycles. The topological polar surface area (TPSA) is 75.7 Å². The zero-order valence-corrected chi connectivity index (χ0v) is 17.2. The molecule has 0 bridgehead atoms. The molecule has 2 aromatic rings. The van der Waals surface area contributed by atoms with Crippen molar-refractivity contribution >= 4 is 35.2 Å². The van der Waals surface area contributed by atoms with E-state index in [4.69, 9.17) is 4.74 Å². The number of fused-ring (bicyclic) bond motifs is 1. The lowest BCUT2D eigenvalue weighted by Crippen LogP contribution is -2.40. The van der Waals surface area contributed by atoms with Gasteiger partial charge in [-0.15, -0.1) is 11.8 Å². The highest BCUT2D eigenvalue weighted by Gasteiger charge is 2.26. The molecular formula is C22H24N2O4S. The van der Waals surface area contributed by atoms with E-state index in [0.717, 1.165) is 16.1 Å². The third kappa shape index (κ3) is 6.09. The zero-order chi connectivity index (χ0) is 20.6. The molecule has 0 radical (unpaired) electrons. The van der Waals surface area contributed by atoms with Crippen molar-refractivity contribution in [3.05, 3.63) is 59.7 Å². The number of rotatable bonds is 8. The molecule has 1 aliphatic heterocycles. The number of carbonyl (C=O) groups is 3. The van der Waals surface area contributed by atoms with Crippen molar-refractivity contribution in [1.29, 1.82) is 0 Å². The highest BCUT2D eigenvalue weighted by atomic mass is 32.2. The molecule has 0 fully saturated rings. The van der Waals surface area contributed by atoms with Crippen LogP contribution in [0.1, 0.15) is 17.5 Å². The fraction of sp³-hybridized carbons (Fsp3) is 0.318. The zero-order valence-electron chi connectivity index (χ0n) is 16.3. The number of hydrogen-bond acceptors (Lipinski definition) is 5. The monoisotopic (exact) mass is 412 g/mol. The highest BCUT2D eigenvalue weighted by Crippen LogP contribution is 2.34. The lowest BCUT2D eigenvalue weighted by Gasteiger charge is -2.27. The van der Waals surface area contributed by atoms with Crippen molar-refractivity contribution < 1.29 is 19.1 Å². The summed E-state index contributed by atoms with van der Waals surface area (Å²) in [5, 5.41) is 2.75. The molecule has 0 saturated carbocycles. The summed E-state index contributed by atoms with van der Waals surface area (Å²) >= 11 is 1.47. The molecule has 2 aromatic carbocycles. The van der Waals surface area contributed by atoms with Crippen LogP contribution in [0, 0.1) is 6.92 Å². The van der Waals surface area contributed by atoms with Crippen LogP contribution in [-0.2, 0) is 25.5 Å². The number of para-hydroxylation sites is 1. The Morgan fingerprint density at radius 3 is 2.69 bits per heavy atom. The number of amides is 2. The largest absolute Gasteiger partial charge is 0.462 e. The maximum absolute atomic E-state index is 12.2. The lowest BCUT2D eigenvalue weighted by molar-refractivity contribution is -0.143. The van der Waals surface area contributed by atoms with E-state index in [9.17, 15) is 14.4 Å². The van der Waals surface area contributed by atoms with Crippen LogP contribution in [0.5, 0.6) is 0 Å². The third-order valence-electron chi connectivity index (χ3n) is 4.54. The molecule has 0 atom stereocenters. The molecule has 0 spiro atoms. The van der Waals surface area contributed by atoms with Crippen LogP contribution in [-0.4, -0.2) is 43.2 Å². The molecule has 6 nitrogen and oxygen atoms in total. The summed E-state index contributed by atoms with van der Waals surface area (Å²) in [6.45, 7) is 2.22. The van der Waals surface area contributed by atoms with Crippen molar-refractivity contribution in [2.24, 2.45) is 0 Å². The Kier molecular flexibility index (Phi) is 7.30. The number of ether oxygens (including phenoxy) is 1. The van der Waals surface area contributed by atoms with Crippen molar-refractivity contribution in [2.75, 3.05) is 30.3 Å². The number of hydrogen-bond donors (Lipinski definition) is 1. The van der Waals surface area contributed by atoms with Gasteiger partial charge in [-0.2, -0.15) is 0 Å². The van der Waals surface area contributed by atoms with Crippen LogP contribution in [0.4, 0.5) is 5.69 Å². The standard InChI is InChI=1S/C22H24N2O4S/c1-16-6-8-17(9-7-16)10-11-20(25)23-12-13-28-22(27)14-24-18-4-2-3-5-19(18)29-15-21(24)26/h2-9H,10-15H2,1H3,(H,23,25). The Morgan fingerprint density at radius 2 is 1.90 bits per heavy atom. The first-order valence-corrected chi connectivity index (χ1v) is 10.5. The second-order valence-electron chi connectivity index (χ2n) is 6.79. The van der Waals surface area contributed by atoms with Crippen LogP contribution >= 0.6 is 11.8 Å². The molecule has 152 valence electrons. The number of benzene rings is 2. The van der Waals surface area contributed by atoms with E-state index < -0.39 is 5.97 Å². The normalized spacial score (nSPS) is 13.0. The van der Waals surface area contributed by atoms with Gasteiger partial charge in [0.2, 0.25) is 11.8 Å². The number of esters is 1. The number of aryl methyl sites for hydroxylation is 2. The van der Waals surface area contributed by atoms with Crippen molar-refractivity contribution in [3.8, 4) is 0 Å². The minimum absolute atomic E-state index is 0.0769. The fourth-order valence-corrected chi connectivity index (χ4v) is 3.89. The van der Waals surface area contributed by atoms with E-state index in [1.807, 2.05) is 55.5 Å². The summed E-state index contributed by atoms with van der Waals surface area (Å²) in [5.74, 6) is -0.385. The number of nitrogens with zero attached hydrogens (tertiary/aromatic N) is 1. The average Bonchev–Trinajstić information content (AvgIpc) is 2.73. The minimum Gasteiger partial charge on any atom is -0.462 e. The summed E-state index contributed by atoms with van der Waals surface area (Å²) in [6.07, 6.45) is 1.05. The Morgan fingerprint density at radius 1 is 1.14 bits per heavy atom. The lowest BCUT2D eigenvalue weighted by atomic mass is 10.1. The van der Waals surface area contributed by atoms with E-state index in [2.05, 4.69) is 5.32 Å². The van der Waals surface area contributed by atoms with Gasteiger partial charge in [0.15, 0.2) is 0 Å². The van der Waals surface area contributed by atoms with Crippen LogP contribution < -0.4 is 10.2 Å². The predicted octanol–water partition coefficient (Wildman–Crippen LogP) is 2.73. The molecule has 0 unspecified atom stereocenters. The van der Waals surface area contributed by atoms with Gasteiger partial charge in [-0.05, 0) is 31.0 Å². The summed E-state index contributed by atoms with van der Waals surface area (Å²) in [6, 6.07) is 15.6. The van der Waals surface area contributed by atoms with Crippen molar-refractivity contribution in [2.45, 2.75) is 24.7 Å². The smallest absolute Gasteiger partial charge is 0.326 e. The Bertz CT molecular complexity index is 883. The van der Waals surface area contributed by atoms with Crippen LogP contribution in [0.3, 0.4) is 0 Å². The fourth-order valence-electron chi connectivity index (χ4n) is 2.96. The number of thioether (sulfide) groups is 1. The summed E-state index contributed by atoms with van der Waals surface area (Å²) in [4.78, 5) is 38.6. The van der Waals surface area contributed by atoms with E-state index in [-0.39, 0.29) is 31.5 Å². The molecule has 29 heavy (non-hydrogen) atoms. The minimum atomic E-state index is -0.492. The molecule has 0 aromatic heterocycles. The van der Waals surface area contributed by atoms with Gasteiger partial charge < -0.3 is 10.1 Å². The Labute approximate surface area is 174 Å². The SMILES string of the molecule is Cc1ccc(CCC(=O)NCCOC(=O)CN2C(=O)CSc3ccccc32)cc1. The van der Waals surface area contributed by atoms with Gasteiger partial charge in [0, 0.05) is 11.3 Å². The van der Waals surface area contributed by atoms with Gasteiger partial charge in [0.05, 0.1) is 18.0 Å². The van der Waals surface area contributed by atoms with Gasteiger partial charge in [-0.3, -0.25) is 19.3 Å². The molecule has 0 saturated heterocycles. The summed E-state index contributed by atoms with van der Waals surface area (Å²) < 4.78 is 5.18. The van der Waals surface area contributed by atoms with Crippen LogP contribution in [0.2, 0.25) is 0 Å². The third-order valence-corrected chi connectivity index (χ3v) is 5.59. The molecule has 0 aliphatic carbocycles. The van der Waals surface area contributed by atoms with E-state index >= 15 is 0 Å². The van der Waals surface area contributed by atoms with Gasteiger partial charge in [0.1, 0.15) is 13.2 Å². The first-order valence-electron chi connectivity index (χ1n) is 9.53. The number of nitrogens with one attached hydrogen (secondary N) is 1. The molecular weight excluding hydrogens is 388 g/mol. The first-order chi connectivity index (χ1) is 14.0. The Hall–Kier alpha value is -2.80. The molecule has 3 rings (SSSR count). The van der Waals surface area contributed by atoms with Crippen molar-refractivity contribution in [1.82, 2.24) is 5.32 Å². The molecule has 7 heteroatoms. The average molecular weight is 413 g/mol. The highest BCUT2D eigenvalue weighted by molar-refractivity contribution is 8.00. The first kappa shape index (κ1) is 20.9. The number of anilines is 1. The second kappa shape index (κ2) is 10.1. The molecule has 1 aliphatic rings. The van der Waals surface area contributed by atoms with Gasteiger partial charge in [-0.25, -0.2) is 0 Å². The maximum atomic E-state index is 12.2.